The minimum absolute atomic E-state index is 0.0179. The highest BCUT2D eigenvalue weighted by Gasteiger charge is 2.70. The zero-order chi connectivity index (χ0) is 34.9. The highest BCUT2D eigenvalue weighted by Crippen LogP contribution is 2.64. The Labute approximate surface area is 294 Å². The number of ether oxygens (including phenoxy) is 1. The van der Waals surface area contributed by atoms with Gasteiger partial charge in [0.2, 0.25) is 11.8 Å². The molecule has 252 valence electrons. The summed E-state index contributed by atoms with van der Waals surface area (Å²) < 4.78 is 5.53. The van der Waals surface area contributed by atoms with E-state index in [1.165, 1.54) is 12.0 Å². The van der Waals surface area contributed by atoms with Gasteiger partial charge < -0.3 is 9.84 Å². The van der Waals surface area contributed by atoms with Crippen molar-refractivity contribution in [3.63, 3.8) is 0 Å². The standard InChI is InChI=1S/C40H34ClN3O6/c1-22-13-15-25(16-14-22)42-44-37(47)30-21-29-27(17-18-28-33(29)38(48)43(36(28)46)26-11-7-4-8-12-26)34(23-19-31(41)35(45)32(20-23)50-2)40(30,39(44)49)24-9-5-3-6-10-24/h3-17,19-20,28-30,33-34,42,45H,18,21H2,1-2H3. The quantitative estimate of drug-likeness (QED) is 0.174. The van der Waals surface area contributed by atoms with Crippen molar-refractivity contribution in [1.82, 2.24) is 5.01 Å². The van der Waals surface area contributed by atoms with Gasteiger partial charge in [0.1, 0.15) is 0 Å². The molecule has 4 aromatic carbocycles. The Balaban J connectivity index is 1.35. The molecule has 50 heavy (non-hydrogen) atoms. The molecule has 0 bridgehead atoms. The van der Waals surface area contributed by atoms with Gasteiger partial charge in [-0.2, -0.15) is 5.01 Å². The second-order valence-corrected chi connectivity index (χ2v) is 13.9. The van der Waals surface area contributed by atoms with Crippen molar-refractivity contribution in [1.29, 1.82) is 0 Å². The molecule has 2 aliphatic carbocycles. The van der Waals surface area contributed by atoms with E-state index < -0.39 is 46.8 Å². The van der Waals surface area contributed by atoms with E-state index in [1.807, 2.05) is 73.7 Å². The van der Waals surface area contributed by atoms with Gasteiger partial charge in [0.15, 0.2) is 11.5 Å². The molecule has 8 rings (SSSR count). The second-order valence-electron chi connectivity index (χ2n) is 13.5. The van der Waals surface area contributed by atoms with Crippen LogP contribution in [0, 0.1) is 30.6 Å². The van der Waals surface area contributed by atoms with Crippen molar-refractivity contribution in [2.75, 3.05) is 17.4 Å². The molecule has 6 unspecified atom stereocenters. The van der Waals surface area contributed by atoms with Gasteiger partial charge in [-0.25, -0.2) is 0 Å². The molecule has 2 saturated heterocycles. The summed E-state index contributed by atoms with van der Waals surface area (Å²) in [5, 5.41) is 11.9. The lowest BCUT2D eigenvalue weighted by atomic mass is 9.49. The van der Waals surface area contributed by atoms with Gasteiger partial charge in [-0.3, -0.25) is 29.5 Å². The van der Waals surface area contributed by atoms with Crippen molar-refractivity contribution in [2.24, 2.45) is 23.7 Å². The van der Waals surface area contributed by atoms with Crippen LogP contribution in [0.2, 0.25) is 5.02 Å². The third kappa shape index (κ3) is 4.53. The zero-order valence-electron chi connectivity index (χ0n) is 27.4. The molecule has 4 aliphatic rings. The number of allylic oxidation sites excluding steroid dienone is 2. The summed E-state index contributed by atoms with van der Waals surface area (Å²) in [4.78, 5) is 59.6. The molecular weight excluding hydrogens is 654 g/mol. The summed E-state index contributed by atoms with van der Waals surface area (Å²) in [6, 6.07) is 28.8. The number of aromatic hydroxyl groups is 1. The molecule has 4 aromatic rings. The van der Waals surface area contributed by atoms with Crippen LogP contribution in [0.4, 0.5) is 11.4 Å². The Kier molecular flexibility index (Phi) is 7.56. The molecule has 10 heteroatoms. The topological polar surface area (TPSA) is 116 Å². The van der Waals surface area contributed by atoms with Crippen LogP contribution < -0.4 is 15.1 Å². The molecular formula is C40H34ClN3O6. The zero-order valence-corrected chi connectivity index (χ0v) is 28.1. The first kappa shape index (κ1) is 31.8. The summed E-state index contributed by atoms with van der Waals surface area (Å²) in [6.45, 7) is 1.95. The Morgan fingerprint density at radius 1 is 0.860 bits per heavy atom. The van der Waals surface area contributed by atoms with Crippen LogP contribution in [-0.4, -0.2) is 40.9 Å². The van der Waals surface area contributed by atoms with Gasteiger partial charge in [0.05, 0.1) is 46.7 Å². The number of carbonyl (C=O) groups is 4. The fourth-order valence-electron chi connectivity index (χ4n) is 8.87. The number of hydrogen-bond donors (Lipinski definition) is 2. The molecule has 6 atom stereocenters. The first-order valence-corrected chi connectivity index (χ1v) is 17.0. The number of phenolic OH excluding ortho intramolecular Hbond substituents is 1. The summed E-state index contributed by atoms with van der Waals surface area (Å²) in [5.41, 5.74) is 5.67. The lowest BCUT2D eigenvalue weighted by Crippen LogP contribution is -2.53. The summed E-state index contributed by atoms with van der Waals surface area (Å²) in [7, 11) is 1.41. The van der Waals surface area contributed by atoms with Gasteiger partial charge in [0, 0.05) is 5.92 Å². The first-order valence-electron chi connectivity index (χ1n) is 16.6. The maximum Gasteiger partial charge on any atom is 0.260 e. The number of aryl methyl sites for hydroxylation is 1. The normalized spacial score (nSPS) is 27.1. The second kappa shape index (κ2) is 11.9. The van der Waals surface area contributed by atoms with Crippen LogP contribution in [-0.2, 0) is 24.6 Å². The number of para-hydroxylation sites is 1. The van der Waals surface area contributed by atoms with Gasteiger partial charge in [0.25, 0.3) is 11.8 Å². The van der Waals surface area contributed by atoms with Crippen LogP contribution in [0.15, 0.2) is 109 Å². The van der Waals surface area contributed by atoms with E-state index in [0.29, 0.717) is 22.5 Å². The van der Waals surface area contributed by atoms with Gasteiger partial charge in [-0.05, 0) is 73.2 Å². The number of amides is 4. The molecule has 0 aromatic heterocycles. The first-order chi connectivity index (χ1) is 24.2. The number of carbonyl (C=O) groups excluding carboxylic acids is 4. The average molecular weight is 688 g/mol. The predicted octanol–water partition coefficient (Wildman–Crippen LogP) is 6.55. The molecule has 9 nitrogen and oxygen atoms in total. The van der Waals surface area contributed by atoms with Gasteiger partial charge in [-0.1, -0.05) is 89.5 Å². The van der Waals surface area contributed by atoms with Crippen molar-refractivity contribution >= 4 is 46.6 Å². The van der Waals surface area contributed by atoms with Crippen molar-refractivity contribution in [3.8, 4) is 11.5 Å². The number of phenols is 1. The minimum Gasteiger partial charge on any atom is -0.503 e. The molecule has 4 amide bonds. The van der Waals surface area contributed by atoms with Crippen LogP contribution in [0.3, 0.4) is 0 Å². The number of halogens is 1. The molecule has 1 saturated carbocycles. The lowest BCUT2D eigenvalue weighted by Gasteiger charge is -2.50. The van der Waals surface area contributed by atoms with Gasteiger partial charge in [-0.15, -0.1) is 0 Å². The highest BCUT2D eigenvalue weighted by atomic mass is 35.5. The third-order valence-corrected chi connectivity index (χ3v) is 11.3. The van der Waals surface area contributed by atoms with E-state index in [2.05, 4.69) is 5.43 Å². The fourth-order valence-corrected chi connectivity index (χ4v) is 9.09. The fraction of sp³-hybridized carbons (Fsp3) is 0.250. The van der Waals surface area contributed by atoms with Crippen LogP contribution in [0.25, 0.3) is 0 Å². The SMILES string of the molecule is COc1cc(C2C3=CCC4C(=O)N(c5ccccc5)C(=O)C4C3CC3C(=O)N(Nc4ccc(C)cc4)C(=O)C32c2ccccc2)cc(Cl)c1O. The summed E-state index contributed by atoms with van der Waals surface area (Å²) >= 11 is 6.63. The molecule has 3 fully saturated rings. The summed E-state index contributed by atoms with van der Waals surface area (Å²) in [5.74, 6) is -5.25. The Morgan fingerprint density at radius 2 is 1.54 bits per heavy atom. The van der Waals surface area contributed by atoms with Crippen LogP contribution >= 0.6 is 11.6 Å². The van der Waals surface area contributed by atoms with Crippen molar-refractivity contribution in [3.05, 3.63) is 130 Å². The maximum atomic E-state index is 15.3. The Hall–Kier alpha value is -5.41. The number of nitrogens with zero attached hydrogens (tertiary/aromatic N) is 2. The largest absolute Gasteiger partial charge is 0.503 e. The van der Waals surface area contributed by atoms with E-state index in [1.54, 1.807) is 36.4 Å². The van der Waals surface area contributed by atoms with Crippen LogP contribution in [0.5, 0.6) is 11.5 Å². The molecule has 0 radical (unpaired) electrons. The van der Waals surface area contributed by atoms with E-state index in [9.17, 15) is 19.5 Å². The number of benzene rings is 4. The number of anilines is 2. The van der Waals surface area contributed by atoms with Gasteiger partial charge >= 0.3 is 0 Å². The number of nitrogens with one attached hydrogen (secondary N) is 1. The lowest BCUT2D eigenvalue weighted by molar-refractivity contribution is -0.138. The van der Waals surface area contributed by atoms with Crippen molar-refractivity contribution < 1.29 is 29.0 Å². The Morgan fingerprint density at radius 3 is 2.22 bits per heavy atom. The molecule has 2 aliphatic heterocycles. The van der Waals surface area contributed by atoms with Crippen molar-refractivity contribution in [2.45, 2.75) is 31.1 Å². The number of hydrogen-bond acceptors (Lipinski definition) is 7. The molecule has 2 heterocycles. The summed E-state index contributed by atoms with van der Waals surface area (Å²) in [6.07, 6.45) is 2.44. The number of imide groups is 2. The maximum absolute atomic E-state index is 15.3. The Bertz CT molecular complexity index is 2090. The monoisotopic (exact) mass is 687 g/mol. The predicted molar refractivity (Wildman–Crippen MR) is 187 cm³/mol. The highest BCUT2D eigenvalue weighted by molar-refractivity contribution is 6.32. The average Bonchev–Trinajstić information content (AvgIpc) is 3.51. The van der Waals surface area contributed by atoms with E-state index in [0.717, 1.165) is 16.1 Å². The smallest absolute Gasteiger partial charge is 0.260 e. The molecule has 0 spiro atoms. The minimum atomic E-state index is -1.47. The number of hydrazine groups is 1. The van der Waals surface area contributed by atoms with E-state index >= 15 is 4.79 Å². The number of fused-ring (bicyclic) bond motifs is 4. The van der Waals surface area contributed by atoms with E-state index in [-0.39, 0.29) is 41.2 Å². The van der Waals surface area contributed by atoms with Crippen LogP contribution in [0.1, 0.15) is 35.4 Å². The number of rotatable bonds is 6. The third-order valence-electron chi connectivity index (χ3n) is 11.0. The van der Waals surface area contributed by atoms with E-state index in [4.69, 9.17) is 16.3 Å². The molecule has 2 N–H and O–H groups in total. The number of methoxy groups -OCH3 is 1.